The van der Waals surface area contributed by atoms with Gasteiger partial charge in [-0.1, -0.05) is 0 Å². The van der Waals surface area contributed by atoms with Gasteiger partial charge < -0.3 is 14.4 Å². The highest BCUT2D eigenvalue weighted by Crippen LogP contribution is 2.32. The Balaban J connectivity index is 1.81. The molecule has 0 amide bonds. The Morgan fingerprint density at radius 3 is 2.60 bits per heavy atom. The molecule has 1 atom stereocenters. The minimum absolute atomic E-state index is 0.261. The van der Waals surface area contributed by atoms with Gasteiger partial charge in [0.05, 0.1) is 29.8 Å². The molecule has 5 nitrogen and oxygen atoms in total. The molecule has 3 rings (SSSR count). The van der Waals surface area contributed by atoms with Crippen LogP contribution < -0.4 is 0 Å². The predicted octanol–water partition coefficient (Wildman–Crippen LogP) is 2.83. The number of aromatic nitrogens is 2. The Morgan fingerprint density at radius 1 is 1.24 bits per heavy atom. The molecule has 1 saturated heterocycles. The first-order valence-electron chi connectivity index (χ1n) is 8.42. The number of halogens is 3. The van der Waals surface area contributed by atoms with Crippen LogP contribution in [0.25, 0.3) is 11.0 Å². The van der Waals surface area contributed by atoms with Gasteiger partial charge in [0.2, 0.25) is 0 Å². The number of alkyl halides is 3. The van der Waals surface area contributed by atoms with Crippen LogP contribution in [0.3, 0.4) is 0 Å². The molecule has 0 saturated carbocycles. The van der Waals surface area contributed by atoms with Crippen molar-refractivity contribution in [3.05, 3.63) is 29.6 Å². The zero-order valence-corrected chi connectivity index (χ0v) is 14.1. The van der Waals surface area contributed by atoms with Crippen molar-refractivity contribution in [1.82, 2.24) is 14.5 Å². The number of imidazole rings is 1. The first-order valence-corrected chi connectivity index (χ1v) is 8.42. The van der Waals surface area contributed by atoms with E-state index in [9.17, 15) is 18.3 Å². The van der Waals surface area contributed by atoms with E-state index >= 15 is 0 Å². The number of hydrogen-bond acceptors (Lipinski definition) is 4. The molecule has 0 radical (unpaired) electrons. The van der Waals surface area contributed by atoms with Gasteiger partial charge in [-0.2, -0.15) is 13.2 Å². The van der Waals surface area contributed by atoms with Crippen LogP contribution >= 0.6 is 0 Å². The second-order valence-corrected chi connectivity index (χ2v) is 6.31. The second-order valence-electron chi connectivity index (χ2n) is 6.31. The molecule has 25 heavy (non-hydrogen) atoms. The number of morpholine rings is 1. The summed E-state index contributed by atoms with van der Waals surface area (Å²) in [5, 5.41) is 9.95. The third-order valence-electron chi connectivity index (χ3n) is 4.44. The van der Waals surface area contributed by atoms with E-state index in [4.69, 9.17) is 4.74 Å². The Hall–Kier alpha value is -1.64. The van der Waals surface area contributed by atoms with E-state index in [1.54, 1.807) is 6.92 Å². The molecule has 8 heteroatoms. The van der Waals surface area contributed by atoms with Crippen molar-refractivity contribution >= 4 is 11.0 Å². The van der Waals surface area contributed by atoms with Crippen molar-refractivity contribution in [3.63, 3.8) is 0 Å². The number of ether oxygens (including phenoxy) is 1. The highest BCUT2D eigenvalue weighted by Gasteiger charge is 2.31. The third-order valence-corrected chi connectivity index (χ3v) is 4.44. The predicted molar refractivity (Wildman–Crippen MR) is 87.2 cm³/mol. The van der Waals surface area contributed by atoms with Crippen molar-refractivity contribution in [2.45, 2.75) is 32.2 Å². The van der Waals surface area contributed by atoms with E-state index in [-0.39, 0.29) is 5.52 Å². The molecule has 1 aliphatic heterocycles. The average molecular weight is 357 g/mol. The summed E-state index contributed by atoms with van der Waals surface area (Å²) in [5.74, 6) is 0.399. The second kappa shape index (κ2) is 7.31. The molecule has 2 aromatic rings. The van der Waals surface area contributed by atoms with Crippen LogP contribution in [0, 0.1) is 0 Å². The third kappa shape index (κ3) is 4.13. The summed E-state index contributed by atoms with van der Waals surface area (Å²) in [6.07, 6.45) is -4.42. The van der Waals surface area contributed by atoms with Gasteiger partial charge in [0.1, 0.15) is 11.9 Å². The number of aliphatic hydroxyl groups is 1. The molecule has 1 N–H and O–H groups in total. The first kappa shape index (κ1) is 18.2. The van der Waals surface area contributed by atoms with Crippen LogP contribution in [0.1, 0.15) is 30.8 Å². The number of fused-ring (bicyclic) bond motifs is 1. The van der Waals surface area contributed by atoms with E-state index < -0.39 is 17.8 Å². The first-order chi connectivity index (χ1) is 11.9. The minimum Gasteiger partial charge on any atom is -0.385 e. The zero-order valence-electron chi connectivity index (χ0n) is 14.1. The zero-order chi connectivity index (χ0) is 18.0. The molecule has 1 aromatic carbocycles. The van der Waals surface area contributed by atoms with Gasteiger partial charge in [-0.3, -0.25) is 4.90 Å². The summed E-state index contributed by atoms with van der Waals surface area (Å²) < 4.78 is 45.8. The lowest BCUT2D eigenvalue weighted by molar-refractivity contribution is -0.137. The van der Waals surface area contributed by atoms with Crippen molar-refractivity contribution in [3.8, 4) is 0 Å². The Labute approximate surface area is 144 Å². The monoisotopic (exact) mass is 357 g/mol. The van der Waals surface area contributed by atoms with Gasteiger partial charge in [-0.25, -0.2) is 4.98 Å². The van der Waals surface area contributed by atoms with Gasteiger partial charge in [0, 0.05) is 26.2 Å². The summed E-state index contributed by atoms with van der Waals surface area (Å²) in [6, 6.07) is 3.54. The summed E-state index contributed by atoms with van der Waals surface area (Å²) in [4.78, 5) is 6.53. The van der Waals surface area contributed by atoms with E-state index in [2.05, 4.69) is 9.88 Å². The Kier molecular flexibility index (Phi) is 5.31. The number of aliphatic hydroxyl groups excluding tert-OH is 1. The van der Waals surface area contributed by atoms with E-state index in [1.807, 2.05) is 4.57 Å². The quantitative estimate of drug-likeness (QED) is 0.894. The van der Waals surface area contributed by atoms with E-state index in [0.29, 0.717) is 17.9 Å². The van der Waals surface area contributed by atoms with Crippen LogP contribution in [0.5, 0.6) is 0 Å². The largest absolute Gasteiger partial charge is 0.416 e. The van der Waals surface area contributed by atoms with Gasteiger partial charge in [-0.05, 0) is 31.5 Å². The Bertz CT molecular complexity index is 722. The molecule has 0 aliphatic carbocycles. The number of hydrogen-bond donors (Lipinski definition) is 1. The summed E-state index contributed by atoms with van der Waals surface area (Å²) >= 11 is 0. The van der Waals surface area contributed by atoms with Gasteiger partial charge >= 0.3 is 6.18 Å². The SMILES string of the molecule is CC(O)c1nc2cc(C(F)(F)F)ccc2n1CCCN1CCOCC1. The number of nitrogens with zero attached hydrogens (tertiary/aromatic N) is 3. The number of benzene rings is 1. The molecule has 0 bridgehead atoms. The Morgan fingerprint density at radius 2 is 1.96 bits per heavy atom. The topological polar surface area (TPSA) is 50.5 Å². The lowest BCUT2D eigenvalue weighted by Gasteiger charge is -2.26. The maximum absolute atomic E-state index is 12.9. The van der Waals surface area contributed by atoms with E-state index in [1.165, 1.54) is 6.07 Å². The highest BCUT2D eigenvalue weighted by molar-refractivity contribution is 5.77. The van der Waals surface area contributed by atoms with Crippen molar-refractivity contribution in [2.24, 2.45) is 0 Å². The molecule has 1 aromatic heterocycles. The molecular weight excluding hydrogens is 335 g/mol. The van der Waals surface area contributed by atoms with Crippen LogP contribution in [-0.2, 0) is 17.5 Å². The summed E-state index contributed by atoms with van der Waals surface area (Å²) in [6.45, 7) is 6.29. The maximum atomic E-state index is 12.9. The lowest BCUT2D eigenvalue weighted by atomic mass is 10.2. The van der Waals surface area contributed by atoms with Crippen molar-refractivity contribution in [1.29, 1.82) is 0 Å². The fourth-order valence-corrected chi connectivity index (χ4v) is 3.16. The molecular formula is C17H22F3N3O2. The lowest BCUT2D eigenvalue weighted by Crippen LogP contribution is -2.37. The fourth-order valence-electron chi connectivity index (χ4n) is 3.16. The maximum Gasteiger partial charge on any atom is 0.416 e. The molecule has 1 aliphatic rings. The molecule has 138 valence electrons. The molecule has 2 heterocycles. The number of aryl methyl sites for hydroxylation is 1. The molecule has 1 unspecified atom stereocenters. The van der Waals surface area contributed by atoms with Crippen LogP contribution in [-0.4, -0.2) is 52.4 Å². The van der Waals surface area contributed by atoms with Crippen molar-refractivity contribution in [2.75, 3.05) is 32.8 Å². The normalized spacial score (nSPS) is 18.0. The minimum atomic E-state index is -4.40. The summed E-state index contributed by atoms with van der Waals surface area (Å²) in [5.41, 5.74) is 0.151. The van der Waals surface area contributed by atoms with E-state index in [0.717, 1.165) is 51.4 Å². The van der Waals surface area contributed by atoms with Crippen LogP contribution in [0.2, 0.25) is 0 Å². The molecule has 1 fully saturated rings. The van der Waals surface area contributed by atoms with Crippen LogP contribution in [0.15, 0.2) is 18.2 Å². The fraction of sp³-hybridized carbons (Fsp3) is 0.588. The molecule has 0 spiro atoms. The van der Waals surface area contributed by atoms with Gasteiger partial charge in [0.25, 0.3) is 0 Å². The van der Waals surface area contributed by atoms with Gasteiger partial charge in [0.15, 0.2) is 0 Å². The summed E-state index contributed by atoms with van der Waals surface area (Å²) in [7, 11) is 0. The van der Waals surface area contributed by atoms with Crippen molar-refractivity contribution < 1.29 is 23.0 Å². The smallest absolute Gasteiger partial charge is 0.385 e. The highest BCUT2D eigenvalue weighted by atomic mass is 19.4. The van der Waals surface area contributed by atoms with Gasteiger partial charge in [-0.15, -0.1) is 0 Å². The standard InChI is InChI=1S/C17H22F3N3O2/c1-12(24)16-21-14-11-13(17(18,19)20)3-4-15(14)23(16)6-2-5-22-7-9-25-10-8-22/h3-4,11-12,24H,2,5-10H2,1H3. The van der Waals surface area contributed by atoms with Crippen LogP contribution in [0.4, 0.5) is 13.2 Å². The average Bonchev–Trinajstić information content (AvgIpc) is 2.93. The number of rotatable bonds is 5.